The highest BCUT2D eigenvalue weighted by molar-refractivity contribution is 5.44. The van der Waals surface area contributed by atoms with Gasteiger partial charge >= 0.3 is 0 Å². The smallest absolute Gasteiger partial charge is 0.129 e. The van der Waals surface area contributed by atoms with Crippen molar-refractivity contribution in [3.63, 3.8) is 0 Å². The summed E-state index contributed by atoms with van der Waals surface area (Å²) in [5.41, 5.74) is 0.650. The molecule has 0 aliphatic carbocycles. The van der Waals surface area contributed by atoms with Gasteiger partial charge in [-0.05, 0) is 26.0 Å². The van der Waals surface area contributed by atoms with E-state index in [0.29, 0.717) is 11.6 Å². The molecule has 0 aliphatic heterocycles. The summed E-state index contributed by atoms with van der Waals surface area (Å²) in [5.74, 6) is 0.842. The molecule has 0 aliphatic rings. The SMILES string of the molecule is CC(C)N(C)c1cc(C#N)ccn1. The van der Waals surface area contributed by atoms with Crippen molar-refractivity contribution in [3.05, 3.63) is 23.9 Å². The Labute approximate surface area is 78.6 Å². The minimum absolute atomic E-state index is 0.390. The van der Waals surface area contributed by atoms with Gasteiger partial charge in [0.15, 0.2) is 0 Å². The topological polar surface area (TPSA) is 39.9 Å². The van der Waals surface area contributed by atoms with Gasteiger partial charge in [-0.25, -0.2) is 4.98 Å². The van der Waals surface area contributed by atoms with Gasteiger partial charge in [-0.1, -0.05) is 0 Å². The zero-order chi connectivity index (χ0) is 9.84. The summed E-state index contributed by atoms with van der Waals surface area (Å²) in [4.78, 5) is 6.21. The fourth-order valence-corrected chi connectivity index (χ4v) is 0.945. The number of aromatic nitrogens is 1. The lowest BCUT2D eigenvalue weighted by Crippen LogP contribution is -2.26. The van der Waals surface area contributed by atoms with E-state index in [1.54, 1.807) is 18.3 Å². The minimum Gasteiger partial charge on any atom is -0.357 e. The first kappa shape index (κ1) is 9.53. The van der Waals surface area contributed by atoms with Crippen LogP contribution in [0.5, 0.6) is 0 Å². The molecule has 0 radical (unpaired) electrons. The van der Waals surface area contributed by atoms with Crippen LogP contribution in [0.4, 0.5) is 5.82 Å². The summed E-state index contributed by atoms with van der Waals surface area (Å²) in [7, 11) is 1.97. The van der Waals surface area contributed by atoms with Crippen molar-refractivity contribution in [2.45, 2.75) is 19.9 Å². The molecular weight excluding hydrogens is 162 g/mol. The van der Waals surface area contributed by atoms with Crippen LogP contribution in [0, 0.1) is 11.3 Å². The molecule has 0 saturated heterocycles. The molecule has 1 heterocycles. The van der Waals surface area contributed by atoms with E-state index in [1.807, 2.05) is 11.9 Å². The van der Waals surface area contributed by atoms with Crippen molar-refractivity contribution >= 4 is 5.82 Å². The van der Waals surface area contributed by atoms with Crippen LogP contribution in [0.1, 0.15) is 19.4 Å². The first-order valence-corrected chi connectivity index (χ1v) is 4.24. The third kappa shape index (κ3) is 2.19. The minimum atomic E-state index is 0.390. The van der Waals surface area contributed by atoms with Crippen molar-refractivity contribution < 1.29 is 0 Å². The molecular formula is C10H13N3. The monoisotopic (exact) mass is 175 g/mol. The van der Waals surface area contributed by atoms with Crippen LogP contribution in [0.2, 0.25) is 0 Å². The first-order valence-electron chi connectivity index (χ1n) is 4.24. The lowest BCUT2D eigenvalue weighted by Gasteiger charge is -2.22. The molecule has 3 nitrogen and oxygen atoms in total. The second kappa shape index (κ2) is 3.90. The molecule has 0 spiro atoms. The Bertz CT molecular complexity index is 325. The van der Waals surface area contributed by atoms with Crippen LogP contribution in [-0.2, 0) is 0 Å². The predicted octanol–water partition coefficient (Wildman–Crippen LogP) is 1.80. The van der Waals surface area contributed by atoms with Crippen LogP contribution in [0.25, 0.3) is 0 Å². The van der Waals surface area contributed by atoms with E-state index < -0.39 is 0 Å². The van der Waals surface area contributed by atoms with Crippen LogP contribution in [0.3, 0.4) is 0 Å². The average Bonchev–Trinajstić information content (AvgIpc) is 2.16. The molecule has 0 N–H and O–H groups in total. The van der Waals surface area contributed by atoms with Crippen LogP contribution in [-0.4, -0.2) is 18.1 Å². The normalized spacial score (nSPS) is 9.77. The fourth-order valence-electron chi connectivity index (χ4n) is 0.945. The lowest BCUT2D eigenvalue weighted by molar-refractivity contribution is 0.743. The molecule has 68 valence electrons. The zero-order valence-electron chi connectivity index (χ0n) is 8.15. The molecule has 0 saturated carbocycles. The van der Waals surface area contributed by atoms with Gasteiger partial charge in [0.2, 0.25) is 0 Å². The van der Waals surface area contributed by atoms with Crippen LogP contribution < -0.4 is 4.90 Å². The number of anilines is 1. The predicted molar refractivity (Wildman–Crippen MR) is 52.5 cm³/mol. The number of hydrogen-bond donors (Lipinski definition) is 0. The van der Waals surface area contributed by atoms with Gasteiger partial charge in [0.05, 0.1) is 11.6 Å². The molecule has 0 fully saturated rings. The molecule has 0 unspecified atom stereocenters. The summed E-state index contributed by atoms with van der Waals surface area (Å²) in [5, 5.41) is 8.69. The Hall–Kier alpha value is -1.56. The van der Waals surface area contributed by atoms with E-state index in [2.05, 4.69) is 24.9 Å². The molecule has 0 aromatic carbocycles. The number of nitriles is 1. The Kier molecular flexibility index (Phi) is 2.86. The van der Waals surface area contributed by atoms with Gasteiger partial charge in [0.25, 0.3) is 0 Å². The number of hydrogen-bond acceptors (Lipinski definition) is 3. The third-order valence-electron chi connectivity index (χ3n) is 2.01. The van der Waals surface area contributed by atoms with Gasteiger partial charge in [0, 0.05) is 19.3 Å². The number of nitrogens with zero attached hydrogens (tertiary/aromatic N) is 3. The van der Waals surface area contributed by atoms with Gasteiger partial charge in [0.1, 0.15) is 5.82 Å². The van der Waals surface area contributed by atoms with Gasteiger partial charge in [-0.3, -0.25) is 0 Å². The summed E-state index contributed by atoms with van der Waals surface area (Å²) >= 11 is 0. The quantitative estimate of drug-likeness (QED) is 0.688. The van der Waals surface area contributed by atoms with Gasteiger partial charge < -0.3 is 4.90 Å². The lowest BCUT2D eigenvalue weighted by atomic mass is 10.2. The Morgan fingerprint density at radius 2 is 2.23 bits per heavy atom. The van der Waals surface area contributed by atoms with Crippen molar-refractivity contribution in [1.82, 2.24) is 4.98 Å². The number of rotatable bonds is 2. The number of pyridine rings is 1. The Balaban J connectivity index is 2.96. The highest BCUT2D eigenvalue weighted by Gasteiger charge is 2.05. The maximum atomic E-state index is 8.69. The molecule has 13 heavy (non-hydrogen) atoms. The first-order chi connectivity index (χ1) is 6.15. The van der Waals surface area contributed by atoms with E-state index in [9.17, 15) is 0 Å². The zero-order valence-corrected chi connectivity index (χ0v) is 8.15. The van der Waals surface area contributed by atoms with Gasteiger partial charge in [-0.15, -0.1) is 0 Å². The molecule has 3 heteroatoms. The van der Waals surface area contributed by atoms with Crippen LogP contribution >= 0.6 is 0 Å². The molecule has 1 rings (SSSR count). The summed E-state index contributed by atoms with van der Waals surface area (Å²) in [6.07, 6.45) is 1.66. The molecule has 0 amide bonds. The molecule has 0 atom stereocenters. The highest BCUT2D eigenvalue weighted by Crippen LogP contribution is 2.12. The molecule has 1 aromatic heterocycles. The largest absolute Gasteiger partial charge is 0.357 e. The third-order valence-corrected chi connectivity index (χ3v) is 2.01. The van der Waals surface area contributed by atoms with E-state index in [1.165, 1.54) is 0 Å². The van der Waals surface area contributed by atoms with E-state index in [4.69, 9.17) is 5.26 Å². The second-order valence-corrected chi connectivity index (χ2v) is 3.22. The van der Waals surface area contributed by atoms with Gasteiger partial charge in [-0.2, -0.15) is 5.26 Å². The fraction of sp³-hybridized carbons (Fsp3) is 0.400. The summed E-state index contributed by atoms with van der Waals surface area (Å²) < 4.78 is 0. The maximum Gasteiger partial charge on any atom is 0.129 e. The van der Waals surface area contributed by atoms with E-state index in [0.717, 1.165) is 5.82 Å². The standard InChI is InChI=1S/C10H13N3/c1-8(2)13(3)10-6-9(7-11)4-5-12-10/h4-6,8H,1-3H3. The Morgan fingerprint density at radius 3 is 2.77 bits per heavy atom. The average molecular weight is 175 g/mol. The highest BCUT2D eigenvalue weighted by atomic mass is 15.2. The van der Waals surface area contributed by atoms with E-state index in [-0.39, 0.29) is 0 Å². The summed E-state index contributed by atoms with van der Waals surface area (Å²) in [6.45, 7) is 4.17. The van der Waals surface area contributed by atoms with Crippen LogP contribution in [0.15, 0.2) is 18.3 Å². The van der Waals surface area contributed by atoms with E-state index >= 15 is 0 Å². The molecule has 0 bridgehead atoms. The second-order valence-electron chi connectivity index (χ2n) is 3.22. The maximum absolute atomic E-state index is 8.69. The van der Waals surface area contributed by atoms with Crippen molar-refractivity contribution in [1.29, 1.82) is 5.26 Å². The van der Waals surface area contributed by atoms with Crippen molar-refractivity contribution in [3.8, 4) is 6.07 Å². The van der Waals surface area contributed by atoms with Crippen molar-refractivity contribution in [2.75, 3.05) is 11.9 Å². The van der Waals surface area contributed by atoms with Crippen molar-refractivity contribution in [2.24, 2.45) is 0 Å². The molecule has 1 aromatic rings. The Morgan fingerprint density at radius 1 is 1.54 bits per heavy atom. The summed E-state index contributed by atoms with van der Waals surface area (Å²) in [6, 6.07) is 5.98.